The molecule has 0 saturated carbocycles. The molecule has 0 bridgehead atoms. The maximum Gasteiger partial charge on any atom is 0.256 e. The number of rotatable bonds is 5. The fourth-order valence-electron chi connectivity index (χ4n) is 3.64. The van der Waals surface area contributed by atoms with E-state index in [-0.39, 0.29) is 4.90 Å². The minimum Gasteiger partial charge on any atom is -0.306 e. The van der Waals surface area contributed by atoms with E-state index in [9.17, 15) is 17.4 Å². The van der Waals surface area contributed by atoms with Crippen molar-refractivity contribution in [1.29, 1.82) is 0 Å². The average Bonchev–Trinajstić information content (AvgIpc) is 3.24. The second-order valence-corrected chi connectivity index (χ2v) is 11.6. The summed E-state index contributed by atoms with van der Waals surface area (Å²) in [5.41, 5.74) is 4.74. The van der Waals surface area contributed by atoms with Crippen LogP contribution in [0.3, 0.4) is 0 Å². The molecular weight excluding hydrogens is 448 g/mol. The molecule has 1 unspecified atom stereocenters. The van der Waals surface area contributed by atoms with Crippen LogP contribution in [0.25, 0.3) is 5.69 Å². The van der Waals surface area contributed by atoms with Gasteiger partial charge in [-0.3, -0.25) is 9.00 Å². The van der Waals surface area contributed by atoms with E-state index in [1.54, 1.807) is 4.68 Å². The Morgan fingerprint density at radius 3 is 2.41 bits per heavy atom. The van der Waals surface area contributed by atoms with Crippen LogP contribution in [0.5, 0.6) is 0 Å². The summed E-state index contributed by atoms with van der Waals surface area (Å²) >= 11 is 0. The number of nitrogens with zero attached hydrogens (tertiary/aromatic N) is 3. The quantitative estimate of drug-likeness (QED) is 0.615. The summed E-state index contributed by atoms with van der Waals surface area (Å²) in [5.74, 6) is 0.779. The smallest absolute Gasteiger partial charge is 0.256 e. The lowest BCUT2D eigenvalue weighted by Crippen LogP contribution is -2.22. The van der Waals surface area contributed by atoms with Crippen LogP contribution in [0.2, 0.25) is 0 Å². The zero-order valence-corrected chi connectivity index (χ0v) is 19.9. The van der Waals surface area contributed by atoms with Gasteiger partial charge in [-0.25, -0.2) is 17.4 Å². The molecule has 32 heavy (non-hydrogen) atoms. The average molecular weight is 473 g/mol. The molecule has 2 aromatic carbocycles. The van der Waals surface area contributed by atoms with Gasteiger partial charge in [0.05, 0.1) is 27.8 Å². The van der Waals surface area contributed by atoms with Gasteiger partial charge in [-0.05, 0) is 49.7 Å². The fraction of sp³-hybridized carbons (Fsp3) is 0.273. The van der Waals surface area contributed by atoms with Crippen LogP contribution in [0, 0.1) is 13.8 Å². The molecule has 0 aliphatic carbocycles. The molecule has 1 aromatic heterocycles. The molecule has 8 nitrogen and oxygen atoms in total. The first-order valence-corrected chi connectivity index (χ1v) is 12.9. The van der Waals surface area contributed by atoms with Gasteiger partial charge in [0.2, 0.25) is 10.0 Å². The number of aryl methyl sites for hydroxylation is 2. The largest absolute Gasteiger partial charge is 0.306 e. The summed E-state index contributed by atoms with van der Waals surface area (Å²) < 4.78 is 39.5. The summed E-state index contributed by atoms with van der Waals surface area (Å²) in [6.45, 7) is 3.98. The van der Waals surface area contributed by atoms with Gasteiger partial charge in [0.15, 0.2) is 0 Å². The predicted molar refractivity (Wildman–Crippen MR) is 124 cm³/mol. The standard InChI is InChI=1S/C22H24N4O4S2/c1-14-5-10-20(15(2)11-14)26-21(18-12-31(28)13-19(18)24-26)23-22(27)16-6-8-17(9-7-16)32(29,30)25(3)4/h5-11H,12-13H2,1-4H3,(H,23,27). The van der Waals surface area contributed by atoms with E-state index in [1.807, 2.05) is 32.0 Å². The SMILES string of the molecule is Cc1ccc(-n2nc3c(c2NC(=O)c2ccc(S(=O)(=O)N(C)C)cc2)CS(=O)C3)c(C)c1. The molecule has 168 valence electrons. The van der Waals surface area contributed by atoms with Crippen LogP contribution in [-0.4, -0.2) is 46.7 Å². The van der Waals surface area contributed by atoms with Crippen molar-refractivity contribution in [2.24, 2.45) is 0 Å². The van der Waals surface area contributed by atoms with E-state index in [1.165, 1.54) is 38.4 Å². The molecule has 4 rings (SSSR count). The molecule has 10 heteroatoms. The summed E-state index contributed by atoms with van der Waals surface area (Å²) in [5, 5.41) is 7.55. The number of amides is 1. The Morgan fingerprint density at radius 2 is 1.78 bits per heavy atom. The van der Waals surface area contributed by atoms with E-state index in [4.69, 9.17) is 0 Å². The zero-order chi connectivity index (χ0) is 23.2. The highest BCUT2D eigenvalue weighted by atomic mass is 32.2. The van der Waals surface area contributed by atoms with E-state index < -0.39 is 26.7 Å². The topological polar surface area (TPSA) is 101 Å². The first-order chi connectivity index (χ1) is 15.1. The second kappa shape index (κ2) is 8.27. The number of hydrogen-bond acceptors (Lipinski definition) is 5. The maximum atomic E-state index is 13.0. The zero-order valence-electron chi connectivity index (χ0n) is 18.2. The number of carbonyl (C=O) groups is 1. The summed E-state index contributed by atoms with van der Waals surface area (Å²) in [7, 11) is -1.72. The number of sulfonamides is 1. The van der Waals surface area contributed by atoms with Crippen molar-refractivity contribution in [1.82, 2.24) is 14.1 Å². The highest BCUT2D eigenvalue weighted by Gasteiger charge is 2.29. The Morgan fingerprint density at radius 1 is 1.09 bits per heavy atom. The first kappa shape index (κ1) is 22.4. The monoisotopic (exact) mass is 472 g/mol. The third-order valence-corrected chi connectivity index (χ3v) is 8.41. The molecule has 1 amide bonds. The summed E-state index contributed by atoms with van der Waals surface area (Å²) in [6, 6.07) is 11.7. The van der Waals surface area contributed by atoms with Crippen molar-refractivity contribution in [2.45, 2.75) is 30.2 Å². The molecule has 0 radical (unpaired) electrons. The lowest BCUT2D eigenvalue weighted by atomic mass is 10.1. The van der Waals surface area contributed by atoms with Crippen LogP contribution in [0.4, 0.5) is 5.82 Å². The number of anilines is 1. The molecule has 0 saturated heterocycles. The van der Waals surface area contributed by atoms with Crippen molar-refractivity contribution in [3.8, 4) is 5.69 Å². The highest BCUT2D eigenvalue weighted by Crippen LogP contribution is 2.32. The molecule has 0 spiro atoms. The van der Waals surface area contributed by atoms with E-state index in [0.29, 0.717) is 28.6 Å². The van der Waals surface area contributed by atoms with Gasteiger partial charge in [-0.15, -0.1) is 0 Å². The van der Waals surface area contributed by atoms with Crippen molar-refractivity contribution in [2.75, 3.05) is 19.4 Å². The Kier molecular flexibility index (Phi) is 5.78. The number of fused-ring (bicyclic) bond motifs is 1. The normalized spacial score (nSPS) is 15.7. The van der Waals surface area contributed by atoms with Crippen LogP contribution < -0.4 is 5.32 Å². The number of carbonyl (C=O) groups excluding carboxylic acids is 1. The fourth-order valence-corrected chi connectivity index (χ4v) is 5.81. The van der Waals surface area contributed by atoms with Crippen LogP contribution >= 0.6 is 0 Å². The van der Waals surface area contributed by atoms with Crippen molar-refractivity contribution >= 4 is 32.5 Å². The van der Waals surface area contributed by atoms with Gasteiger partial charge in [0.1, 0.15) is 5.82 Å². The number of hydrogen-bond donors (Lipinski definition) is 1. The third-order valence-electron chi connectivity index (χ3n) is 5.38. The Labute approximate surface area is 189 Å². The Bertz CT molecular complexity index is 1340. The van der Waals surface area contributed by atoms with Gasteiger partial charge in [0, 0.05) is 36.0 Å². The number of nitrogens with one attached hydrogen (secondary N) is 1. The lowest BCUT2D eigenvalue weighted by molar-refractivity contribution is 0.102. The summed E-state index contributed by atoms with van der Waals surface area (Å²) in [4.78, 5) is 13.1. The van der Waals surface area contributed by atoms with Crippen LogP contribution in [-0.2, 0) is 32.3 Å². The molecule has 1 aliphatic rings. The molecular formula is C22H24N4O4S2. The molecule has 1 atom stereocenters. The number of benzene rings is 2. The third kappa shape index (κ3) is 4.01. The molecule has 0 fully saturated rings. The van der Waals surface area contributed by atoms with Gasteiger partial charge < -0.3 is 5.32 Å². The molecule has 1 N–H and O–H groups in total. The van der Waals surface area contributed by atoms with Gasteiger partial charge in [0.25, 0.3) is 5.91 Å². The molecule has 3 aromatic rings. The van der Waals surface area contributed by atoms with Crippen molar-refractivity contribution < 1.29 is 17.4 Å². The van der Waals surface area contributed by atoms with Crippen molar-refractivity contribution in [3.63, 3.8) is 0 Å². The first-order valence-electron chi connectivity index (χ1n) is 9.95. The van der Waals surface area contributed by atoms with Gasteiger partial charge >= 0.3 is 0 Å². The second-order valence-electron chi connectivity index (χ2n) is 7.97. The minimum absolute atomic E-state index is 0.107. The molecule has 1 aliphatic heterocycles. The van der Waals surface area contributed by atoms with Crippen LogP contribution in [0.15, 0.2) is 47.4 Å². The van der Waals surface area contributed by atoms with Gasteiger partial charge in [-0.2, -0.15) is 5.10 Å². The lowest BCUT2D eigenvalue weighted by Gasteiger charge is -2.14. The maximum absolute atomic E-state index is 13.0. The van der Waals surface area contributed by atoms with Crippen LogP contribution in [0.1, 0.15) is 32.7 Å². The van der Waals surface area contributed by atoms with Gasteiger partial charge in [-0.1, -0.05) is 17.7 Å². The molecule has 2 heterocycles. The Hall–Kier alpha value is -2.82. The minimum atomic E-state index is -3.58. The highest BCUT2D eigenvalue weighted by molar-refractivity contribution is 7.89. The Balaban J connectivity index is 1.70. The van der Waals surface area contributed by atoms with E-state index >= 15 is 0 Å². The van der Waals surface area contributed by atoms with E-state index in [0.717, 1.165) is 26.7 Å². The van der Waals surface area contributed by atoms with Crippen molar-refractivity contribution in [3.05, 3.63) is 70.4 Å². The predicted octanol–water partition coefficient (Wildman–Crippen LogP) is 2.75. The number of aromatic nitrogens is 2. The summed E-state index contributed by atoms with van der Waals surface area (Å²) in [6.07, 6.45) is 0. The van der Waals surface area contributed by atoms with E-state index in [2.05, 4.69) is 10.4 Å².